The molecule has 3 rings (SSSR count). The number of phenols is 1. The average molecular weight is 233 g/mol. The summed E-state index contributed by atoms with van der Waals surface area (Å²) in [4.78, 5) is 0. The van der Waals surface area contributed by atoms with Crippen LogP contribution < -0.4 is 5.73 Å². The Morgan fingerprint density at radius 1 is 1.41 bits per heavy atom. The van der Waals surface area contributed by atoms with E-state index in [1.165, 1.54) is 12.8 Å². The van der Waals surface area contributed by atoms with Crippen LogP contribution in [0.2, 0.25) is 0 Å². The second kappa shape index (κ2) is 4.00. The van der Waals surface area contributed by atoms with Crippen molar-refractivity contribution in [2.45, 2.75) is 37.3 Å². The largest absolute Gasteiger partial charge is 0.508 e. The summed E-state index contributed by atoms with van der Waals surface area (Å²) in [6, 6.07) is 7.39. The molecule has 2 aliphatic rings. The van der Waals surface area contributed by atoms with E-state index in [2.05, 4.69) is 0 Å². The Bertz CT molecular complexity index is 416. The van der Waals surface area contributed by atoms with Crippen LogP contribution in [-0.2, 0) is 11.2 Å². The molecule has 3 nitrogen and oxygen atoms in total. The summed E-state index contributed by atoms with van der Waals surface area (Å²) < 4.78 is 5.81. The maximum Gasteiger partial charge on any atom is 0.115 e. The number of hydrogen-bond donors (Lipinski definition) is 2. The molecule has 1 aromatic rings. The van der Waals surface area contributed by atoms with Crippen molar-refractivity contribution < 1.29 is 9.84 Å². The molecular formula is C14H19NO2. The van der Waals surface area contributed by atoms with Crippen LogP contribution in [0, 0.1) is 5.92 Å². The minimum Gasteiger partial charge on any atom is -0.508 e. The SMILES string of the molecule is NC1(Cc2cccc(O)c2)CCOC1C1CC1. The van der Waals surface area contributed by atoms with Crippen LogP contribution in [0.5, 0.6) is 5.75 Å². The first kappa shape index (κ1) is 11.1. The summed E-state index contributed by atoms with van der Waals surface area (Å²) in [5, 5.41) is 9.49. The van der Waals surface area contributed by atoms with Crippen molar-refractivity contribution in [2.24, 2.45) is 11.7 Å². The van der Waals surface area contributed by atoms with Crippen molar-refractivity contribution in [1.82, 2.24) is 0 Å². The van der Waals surface area contributed by atoms with Crippen LogP contribution >= 0.6 is 0 Å². The van der Waals surface area contributed by atoms with Crippen molar-refractivity contribution >= 4 is 0 Å². The second-order valence-corrected chi connectivity index (χ2v) is 5.46. The predicted molar refractivity (Wildman–Crippen MR) is 65.8 cm³/mol. The van der Waals surface area contributed by atoms with Gasteiger partial charge in [0.2, 0.25) is 0 Å². The lowest BCUT2D eigenvalue weighted by atomic mass is 9.83. The number of phenolic OH excluding ortho intramolecular Hbond substituents is 1. The summed E-state index contributed by atoms with van der Waals surface area (Å²) >= 11 is 0. The average Bonchev–Trinajstić information content (AvgIpc) is 3.03. The fourth-order valence-corrected chi connectivity index (χ4v) is 2.92. The maximum atomic E-state index is 9.49. The minimum absolute atomic E-state index is 0.213. The molecule has 1 aliphatic carbocycles. The van der Waals surface area contributed by atoms with Gasteiger partial charge in [0.15, 0.2) is 0 Å². The molecule has 3 heteroatoms. The normalized spacial score (nSPS) is 32.9. The van der Waals surface area contributed by atoms with Crippen molar-refractivity contribution in [2.75, 3.05) is 6.61 Å². The molecule has 0 radical (unpaired) electrons. The molecule has 1 saturated heterocycles. The van der Waals surface area contributed by atoms with Gasteiger partial charge in [-0.15, -0.1) is 0 Å². The van der Waals surface area contributed by atoms with E-state index in [0.717, 1.165) is 25.0 Å². The van der Waals surface area contributed by atoms with E-state index in [1.54, 1.807) is 12.1 Å². The Kier molecular flexibility index (Phi) is 2.60. The fourth-order valence-electron chi connectivity index (χ4n) is 2.92. The number of nitrogens with two attached hydrogens (primary N) is 1. The standard InChI is InChI=1S/C14H19NO2/c15-14(6-7-17-13(14)11-4-5-11)9-10-2-1-3-12(16)8-10/h1-3,8,11,13,16H,4-7,9,15H2. The van der Waals surface area contributed by atoms with Gasteiger partial charge >= 0.3 is 0 Å². The van der Waals surface area contributed by atoms with Crippen LogP contribution in [0.1, 0.15) is 24.8 Å². The molecule has 0 bridgehead atoms. The highest BCUT2D eigenvalue weighted by molar-refractivity contribution is 5.29. The molecule has 0 aromatic heterocycles. The van der Waals surface area contributed by atoms with E-state index in [9.17, 15) is 5.11 Å². The molecule has 3 N–H and O–H groups in total. The third kappa shape index (κ3) is 2.17. The third-order valence-electron chi connectivity index (χ3n) is 3.93. The molecule has 92 valence electrons. The zero-order chi connectivity index (χ0) is 11.9. The molecule has 2 fully saturated rings. The zero-order valence-electron chi connectivity index (χ0n) is 9.93. The van der Waals surface area contributed by atoms with Crippen molar-refractivity contribution in [1.29, 1.82) is 0 Å². The Hall–Kier alpha value is -1.06. The van der Waals surface area contributed by atoms with Gasteiger partial charge in [-0.3, -0.25) is 0 Å². The summed E-state index contributed by atoms with van der Waals surface area (Å²) in [5.41, 5.74) is 7.38. The van der Waals surface area contributed by atoms with E-state index in [-0.39, 0.29) is 11.6 Å². The fraction of sp³-hybridized carbons (Fsp3) is 0.571. The topological polar surface area (TPSA) is 55.5 Å². The lowest BCUT2D eigenvalue weighted by molar-refractivity contribution is 0.0626. The highest BCUT2D eigenvalue weighted by atomic mass is 16.5. The second-order valence-electron chi connectivity index (χ2n) is 5.46. The van der Waals surface area contributed by atoms with Gasteiger partial charge in [-0.1, -0.05) is 12.1 Å². The summed E-state index contributed by atoms with van der Waals surface area (Å²) in [6.07, 6.45) is 4.43. The first-order valence-electron chi connectivity index (χ1n) is 6.36. The van der Waals surface area contributed by atoms with E-state index in [0.29, 0.717) is 11.7 Å². The van der Waals surface area contributed by atoms with Crippen LogP contribution in [0.15, 0.2) is 24.3 Å². The number of benzene rings is 1. The highest BCUT2D eigenvalue weighted by Crippen LogP contribution is 2.43. The number of aromatic hydroxyl groups is 1. The number of ether oxygens (including phenoxy) is 1. The Balaban J connectivity index is 1.78. The zero-order valence-corrected chi connectivity index (χ0v) is 9.93. The molecule has 1 heterocycles. The van der Waals surface area contributed by atoms with Crippen molar-refractivity contribution in [3.63, 3.8) is 0 Å². The lowest BCUT2D eigenvalue weighted by Crippen LogP contribution is -2.50. The van der Waals surface area contributed by atoms with Gasteiger partial charge in [-0.25, -0.2) is 0 Å². The molecule has 17 heavy (non-hydrogen) atoms. The van der Waals surface area contributed by atoms with Crippen molar-refractivity contribution in [3.8, 4) is 5.75 Å². The summed E-state index contributed by atoms with van der Waals surface area (Å²) in [7, 11) is 0. The van der Waals surface area contributed by atoms with Gasteiger partial charge in [-0.2, -0.15) is 0 Å². The summed E-state index contributed by atoms with van der Waals surface area (Å²) in [6.45, 7) is 0.774. The smallest absolute Gasteiger partial charge is 0.115 e. The molecule has 1 aromatic carbocycles. The van der Waals surface area contributed by atoms with Gasteiger partial charge in [-0.05, 0) is 49.3 Å². The van der Waals surface area contributed by atoms with Crippen LogP contribution in [0.4, 0.5) is 0 Å². The Morgan fingerprint density at radius 3 is 2.94 bits per heavy atom. The van der Waals surface area contributed by atoms with Crippen LogP contribution in [0.3, 0.4) is 0 Å². The molecule has 0 amide bonds. The monoisotopic (exact) mass is 233 g/mol. The van der Waals surface area contributed by atoms with Gasteiger partial charge in [0, 0.05) is 12.1 Å². The van der Waals surface area contributed by atoms with Gasteiger partial charge in [0.1, 0.15) is 5.75 Å². The number of hydrogen-bond acceptors (Lipinski definition) is 3. The molecule has 2 unspecified atom stereocenters. The van der Waals surface area contributed by atoms with E-state index < -0.39 is 0 Å². The Morgan fingerprint density at radius 2 is 2.24 bits per heavy atom. The highest BCUT2D eigenvalue weighted by Gasteiger charge is 2.48. The van der Waals surface area contributed by atoms with Gasteiger partial charge < -0.3 is 15.6 Å². The van der Waals surface area contributed by atoms with Crippen LogP contribution in [0.25, 0.3) is 0 Å². The number of rotatable bonds is 3. The first-order chi connectivity index (χ1) is 8.17. The minimum atomic E-state index is -0.241. The third-order valence-corrected chi connectivity index (χ3v) is 3.93. The van der Waals surface area contributed by atoms with Gasteiger partial charge in [0.25, 0.3) is 0 Å². The predicted octanol–water partition coefficient (Wildman–Crippen LogP) is 1.83. The van der Waals surface area contributed by atoms with E-state index in [4.69, 9.17) is 10.5 Å². The quantitative estimate of drug-likeness (QED) is 0.837. The first-order valence-corrected chi connectivity index (χ1v) is 6.36. The Labute approximate surface area is 102 Å². The van der Waals surface area contributed by atoms with Crippen LogP contribution in [-0.4, -0.2) is 23.4 Å². The van der Waals surface area contributed by atoms with E-state index >= 15 is 0 Å². The van der Waals surface area contributed by atoms with Gasteiger partial charge in [0.05, 0.1) is 6.10 Å². The molecule has 1 saturated carbocycles. The molecule has 1 aliphatic heterocycles. The molecular weight excluding hydrogens is 214 g/mol. The maximum absolute atomic E-state index is 9.49. The molecule has 0 spiro atoms. The lowest BCUT2D eigenvalue weighted by Gasteiger charge is -2.30. The van der Waals surface area contributed by atoms with Crippen molar-refractivity contribution in [3.05, 3.63) is 29.8 Å². The molecule has 2 atom stereocenters. The van der Waals surface area contributed by atoms with E-state index in [1.807, 2.05) is 12.1 Å². The summed E-state index contributed by atoms with van der Waals surface area (Å²) in [5.74, 6) is 0.979.